The number of benzene rings is 2. The Morgan fingerprint density at radius 3 is 2.07 bits per heavy atom. The molecular weight excluding hydrogens is 983 g/mol. The van der Waals surface area contributed by atoms with E-state index in [0.29, 0.717) is 62.9 Å². The van der Waals surface area contributed by atoms with Crippen molar-refractivity contribution in [2.45, 2.75) is 71.1 Å². The fraction of sp³-hybridized carbons (Fsp3) is 0.481. The van der Waals surface area contributed by atoms with Crippen LogP contribution in [0.2, 0.25) is 0 Å². The van der Waals surface area contributed by atoms with E-state index < -0.39 is 77.1 Å². The molecule has 8 N–H and O–H groups in total. The highest BCUT2D eigenvalue weighted by Gasteiger charge is 2.37. The van der Waals surface area contributed by atoms with Gasteiger partial charge in [0.1, 0.15) is 23.7 Å². The zero-order chi connectivity index (χ0) is 53.9. The molecule has 4 rings (SSSR count). The van der Waals surface area contributed by atoms with Crippen molar-refractivity contribution in [3.05, 3.63) is 114 Å². The zero-order valence-corrected chi connectivity index (χ0v) is 43.0. The van der Waals surface area contributed by atoms with Crippen LogP contribution >= 0.6 is 11.8 Å². The lowest BCUT2D eigenvalue weighted by molar-refractivity contribution is -0.141. The normalized spacial score (nSPS) is 12.6. The molecule has 5 amide bonds. The first-order valence-corrected chi connectivity index (χ1v) is 25.5. The number of carbonyl (C=O) groups is 6. The fourth-order valence-electron chi connectivity index (χ4n) is 7.73. The third kappa shape index (κ3) is 21.7. The number of ether oxygens (including phenoxy) is 4. The van der Waals surface area contributed by atoms with Crippen LogP contribution in [0.25, 0.3) is 11.1 Å². The van der Waals surface area contributed by atoms with Gasteiger partial charge in [-0.2, -0.15) is 0 Å². The Hall–Kier alpha value is -6.30. The van der Waals surface area contributed by atoms with Crippen LogP contribution in [0.1, 0.15) is 62.9 Å². The second kappa shape index (κ2) is 32.1. The summed E-state index contributed by atoms with van der Waals surface area (Å²) in [5, 5.41) is 17.9. The minimum Gasteiger partial charge on any atom is -0.480 e. The molecule has 3 unspecified atom stereocenters. The van der Waals surface area contributed by atoms with E-state index in [1.807, 2.05) is 55.7 Å². The lowest BCUT2D eigenvalue weighted by Gasteiger charge is -2.41. The van der Waals surface area contributed by atoms with E-state index in [0.717, 1.165) is 35.5 Å². The summed E-state index contributed by atoms with van der Waals surface area (Å²) < 4.78 is 53.5. The van der Waals surface area contributed by atoms with E-state index in [1.165, 1.54) is 12.4 Å². The molecule has 0 saturated heterocycles. The minimum absolute atomic E-state index is 0.0120. The van der Waals surface area contributed by atoms with E-state index >= 15 is 4.39 Å². The summed E-state index contributed by atoms with van der Waals surface area (Å²) in [5.41, 5.74) is 12.6. The lowest BCUT2D eigenvalue weighted by Crippen LogP contribution is -2.49. The number of nitrogens with zero attached hydrogens (tertiary/aromatic N) is 3. The van der Waals surface area contributed by atoms with Crippen LogP contribution in [0.5, 0.6) is 0 Å². The molecule has 74 heavy (non-hydrogen) atoms. The highest BCUT2D eigenvalue weighted by atomic mass is 32.2. The molecule has 0 aliphatic carbocycles. The van der Waals surface area contributed by atoms with Crippen molar-refractivity contribution in [1.82, 2.24) is 30.4 Å². The molecule has 0 fully saturated rings. The highest BCUT2D eigenvalue weighted by Crippen LogP contribution is 2.41. The number of primary amides is 1. The molecule has 0 aliphatic rings. The van der Waals surface area contributed by atoms with Gasteiger partial charge < -0.3 is 60.9 Å². The van der Waals surface area contributed by atoms with E-state index in [9.17, 15) is 38.3 Å². The van der Waals surface area contributed by atoms with E-state index in [1.54, 1.807) is 29.3 Å². The SMILES string of the molecule is CC(C)(C)C(c1cc(-c2cc(F)ccc2F)cn1Cc1ccccc1)N(CCCNC(=O)C(CC(N)=O)NC(=O)Cc1ccncc1)C(=O)CSCC(NC(=O)CCOCCOCCOCCOCCN)C(=O)O. The largest absolute Gasteiger partial charge is 0.480 e. The topological polar surface area (TPSA) is 269 Å². The van der Waals surface area contributed by atoms with Crippen LogP contribution in [-0.4, -0.2) is 151 Å². The quantitative estimate of drug-likeness (QED) is 0.0360. The van der Waals surface area contributed by atoms with Crippen molar-refractivity contribution in [3.63, 3.8) is 0 Å². The van der Waals surface area contributed by atoms with Gasteiger partial charge in [0.05, 0.1) is 77.5 Å². The third-order valence-corrected chi connectivity index (χ3v) is 12.2. The molecule has 19 nitrogen and oxygen atoms in total. The summed E-state index contributed by atoms with van der Waals surface area (Å²) in [7, 11) is 0. The number of thioether (sulfide) groups is 1. The molecule has 3 atom stereocenters. The maximum atomic E-state index is 15.4. The summed E-state index contributed by atoms with van der Waals surface area (Å²) in [6, 6.07) is 14.2. The van der Waals surface area contributed by atoms with Crippen molar-refractivity contribution < 1.29 is 61.6 Å². The zero-order valence-electron chi connectivity index (χ0n) is 42.2. The van der Waals surface area contributed by atoms with Crippen LogP contribution in [0.4, 0.5) is 8.78 Å². The molecule has 2 aromatic carbocycles. The number of nitrogens with two attached hydrogens (primary N) is 2. The van der Waals surface area contributed by atoms with Gasteiger partial charge in [-0.15, -0.1) is 11.8 Å². The molecule has 2 heterocycles. The third-order valence-electron chi connectivity index (χ3n) is 11.1. The smallest absolute Gasteiger partial charge is 0.327 e. The van der Waals surface area contributed by atoms with Crippen molar-refractivity contribution in [2.75, 3.05) is 84.0 Å². The van der Waals surface area contributed by atoms with Gasteiger partial charge in [-0.25, -0.2) is 13.6 Å². The Morgan fingerprint density at radius 1 is 0.811 bits per heavy atom. The van der Waals surface area contributed by atoms with E-state index in [-0.39, 0.29) is 69.2 Å². The summed E-state index contributed by atoms with van der Waals surface area (Å²) in [5.74, 6) is -6.00. The number of pyridine rings is 1. The molecular formula is C52H70F2N8O11S. The van der Waals surface area contributed by atoms with Crippen LogP contribution in [-0.2, 0) is 60.7 Å². The maximum Gasteiger partial charge on any atom is 0.327 e. The molecule has 0 radical (unpaired) electrons. The number of carboxylic acids is 1. The predicted molar refractivity (Wildman–Crippen MR) is 274 cm³/mol. The van der Waals surface area contributed by atoms with Crippen LogP contribution in [0.15, 0.2) is 85.3 Å². The molecule has 404 valence electrons. The second-order valence-electron chi connectivity index (χ2n) is 18.2. The number of amides is 5. The van der Waals surface area contributed by atoms with Crippen LogP contribution < -0.4 is 27.4 Å². The standard InChI is InChI=1S/C52H70F2N8O11S/c1-52(2,3)49(44-29-38(40-30-39(53)10-11-41(40)54)33-61(44)32-37-8-5-4-6-9-37)62(19-7-16-58-50(67)42(31-45(56)63)59-47(65)28-36-12-17-57-18-13-36)48(66)35-74-34-43(51(68)69)60-46(64)14-20-70-22-24-72-26-27-73-25-23-71-21-15-55/h4-6,8-13,17-18,29-30,33,42-43,49H,7,14-16,19-28,31-32,34-35,55H2,1-3H3,(H2,56,63)(H,58,67)(H,59,65)(H,60,64)(H,68,69). The average Bonchev–Trinajstić information content (AvgIpc) is 3.75. The van der Waals surface area contributed by atoms with Crippen molar-refractivity contribution in [2.24, 2.45) is 16.9 Å². The van der Waals surface area contributed by atoms with E-state index in [4.69, 9.17) is 30.4 Å². The monoisotopic (exact) mass is 1050 g/mol. The molecule has 0 spiro atoms. The highest BCUT2D eigenvalue weighted by molar-refractivity contribution is 8.00. The van der Waals surface area contributed by atoms with E-state index in [2.05, 4.69) is 20.9 Å². The summed E-state index contributed by atoms with van der Waals surface area (Å²) in [4.78, 5) is 83.8. The van der Waals surface area contributed by atoms with Gasteiger partial charge in [0.2, 0.25) is 29.5 Å². The first kappa shape index (κ1) is 60.3. The number of nitrogens with one attached hydrogen (secondary N) is 3. The molecule has 0 aliphatic heterocycles. The van der Waals surface area contributed by atoms with Crippen LogP contribution in [0.3, 0.4) is 0 Å². The van der Waals surface area contributed by atoms with Gasteiger partial charge in [0.15, 0.2) is 0 Å². The van der Waals surface area contributed by atoms with Crippen molar-refractivity contribution in [1.29, 1.82) is 0 Å². The Labute approximate surface area is 434 Å². The molecule has 0 saturated carbocycles. The lowest BCUT2D eigenvalue weighted by atomic mass is 9.83. The number of rotatable bonds is 35. The number of hydrogen-bond donors (Lipinski definition) is 6. The maximum absolute atomic E-state index is 15.4. The fourth-order valence-corrected chi connectivity index (χ4v) is 8.65. The minimum atomic E-state index is -1.35. The number of halogens is 2. The molecule has 2 aromatic heterocycles. The first-order chi connectivity index (χ1) is 35.5. The molecule has 22 heteroatoms. The first-order valence-electron chi connectivity index (χ1n) is 24.3. The number of hydrogen-bond acceptors (Lipinski definition) is 13. The van der Waals surface area contributed by atoms with Gasteiger partial charge in [-0.1, -0.05) is 51.1 Å². The molecule has 4 aromatic rings. The number of carboxylic acid groups (broad SMARTS) is 1. The Balaban J connectivity index is 1.50. The van der Waals surface area contributed by atoms with Gasteiger partial charge in [-0.3, -0.25) is 29.0 Å². The summed E-state index contributed by atoms with van der Waals surface area (Å²) >= 11 is 0.999. The average molecular weight is 1050 g/mol. The number of aromatic nitrogens is 2. The Bertz CT molecular complexity index is 2390. The van der Waals surface area contributed by atoms with Gasteiger partial charge in [0.25, 0.3) is 0 Å². The Morgan fingerprint density at radius 2 is 1.45 bits per heavy atom. The van der Waals surface area contributed by atoms with Gasteiger partial charge >= 0.3 is 5.97 Å². The number of carbonyl (C=O) groups excluding carboxylic acids is 5. The summed E-state index contributed by atoms with van der Waals surface area (Å²) in [6.07, 6.45) is 4.24. The second-order valence-corrected chi connectivity index (χ2v) is 19.2. The van der Waals surface area contributed by atoms with Gasteiger partial charge in [0, 0.05) is 73.8 Å². The predicted octanol–water partition coefficient (Wildman–Crippen LogP) is 3.62. The Kier molecular flexibility index (Phi) is 26.1. The van der Waals surface area contributed by atoms with Crippen molar-refractivity contribution >= 4 is 47.3 Å². The van der Waals surface area contributed by atoms with Gasteiger partial charge in [-0.05, 0) is 59.4 Å². The number of aliphatic carboxylic acids is 1. The van der Waals surface area contributed by atoms with Crippen LogP contribution in [0, 0.1) is 17.0 Å². The summed E-state index contributed by atoms with van der Waals surface area (Å²) in [6.45, 7) is 9.00. The molecule has 0 bridgehead atoms. The van der Waals surface area contributed by atoms with Crippen molar-refractivity contribution in [3.8, 4) is 11.1 Å².